The fourth-order valence-corrected chi connectivity index (χ4v) is 2.19. The normalized spacial score (nSPS) is 12.5. The molecule has 100 valence electrons. The molecule has 1 N–H and O–H groups in total. The van der Waals surface area contributed by atoms with Gasteiger partial charge in [-0.25, -0.2) is 9.37 Å². The maximum Gasteiger partial charge on any atom is 0.269 e. The summed E-state index contributed by atoms with van der Waals surface area (Å²) in [5.41, 5.74) is 0.199. The average molecular weight is 273 g/mol. The lowest BCUT2D eigenvalue weighted by atomic mass is 9.99. The molecule has 1 aromatic heterocycles. The van der Waals surface area contributed by atoms with Crippen LogP contribution in [0, 0.1) is 11.7 Å². The Hall–Kier alpha value is -1.16. The van der Waals surface area contributed by atoms with Crippen molar-refractivity contribution in [3.8, 4) is 0 Å². The molecule has 0 saturated heterocycles. The number of carbonyl (C=O) groups is 1. The Bertz CT molecular complexity index is 379. The Labute approximate surface area is 112 Å². The van der Waals surface area contributed by atoms with Gasteiger partial charge in [-0.1, -0.05) is 26.7 Å². The lowest BCUT2D eigenvalue weighted by Gasteiger charge is -2.19. The van der Waals surface area contributed by atoms with Crippen LogP contribution in [0.5, 0.6) is 0 Å². The van der Waals surface area contributed by atoms with Gasteiger partial charge < -0.3 is 5.32 Å². The second kappa shape index (κ2) is 7.31. The van der Waals surface area contributed by atoms with Gasteiger partial charge in [-0.05, 0) is 18.1 Å². The second-order valence-corrected chi connectivity index (χ2v) is 4.72. The topological polar surface area (TPSA) is 42.0 Å². The number of carbonyl (C=O) groups excluding carboxylic acids is 1. The quantitative estimate of drug-likeness (QED) is 0.809. The Kier molecular flexibility index (Phi) is 6.05. The van der Waals surface area contributed by atoms with E-state index in [1.807, 2.05) is 0 Å². The summed E-state index contributed by atoms with van der Waals surface area (Å²) in [5, 5.41) is 2.62. The highest BCUT2D eigenvalue weighted by Gasteiger charge is 2.17. The third kappa shape index (κ3) is 4.26. The maximum absolute atomic E-state index is 12.6. The number of rotatable bonds is 6. The summed E-state index contributed by atoms with van der Waals surface area (Å²) in [7, 11) is 0. The monoisotopic (exact) mass is 272 g/mol. The van der Waals surface area contributed by atoms with Gasteiger partial charge in [-0.15, -0.1) is 11.6 Å². The zero-order valence-corrected chi connectivity index (χ0v) is 11.4. The largest absolute Gasteiger partial charge is 0.349 e. The van der Waals surface area contributed by atoms with Gasteiger partial charge in [0.05, 0.1) is 11.6 Å². The third-order valence-electron chi connectivity index (χ3n) is 2.98. The molecule has 1 atom stereocenters. The molecule has 0 saturated carbocycles. The number of nitrogens with one attached hydrogen (secondary N) is 1. The number of amides is 1. The molecule has 1 amide bonds. The molecule has 0 radical (unpaired) electrons. The molecule has 0 bridgehead atoms. The van der Waals surface area contributed by atoms with Crippen LogP contribution in [0.4, 0.5) is 4.39 Å². The zero-order valence-electron chi connectivity index (χ0n) is 10.6. The molecule has 0 aliphatic carbocycles. The number of alkyl halides is 1. The van der Waals surface area contributed by atoms with Crippen LogP contribution in [-0.2, 0) is 0 Å². The van der Waals surface area contributed by atoms with E-state index in [1.165, 1.54) is 12.1 Å². The van der Waals surface area contributed by atoms with Crippen molar-refractivity contribution in [2.75, 3.05) is 6.54 Å². The van der Waals surface area contributed by atoms with Crippen LogP contribution < -0.4 is 5.32 Å². The summed E-state index contributed by atoms with van der Waals surface area (Å²) >= 11 is 6.21. The highest BCUT2D eigenvalue weighted by atomic mass is 35.5. The van der Waals surface area contributed by atoms with E-state index in [-0.39, 0.29) is 17.0 Å². The summed E-state index contributed by atoms with van der Waals surface area (Å²) in [5.74, 6) is -0.404. The van der Waals surface area contributed by atoms with E-state index in [9.17, 15) is 9.18 Å². The van der Waals surface area contributed by atoms with Gasteiger partial charge in [-0.3, -0.25) is 4.79 Å². The maximum atomic E-state index is 12.6. The molecule has 0 aliphatic rings. The minimum absolute atomic E-state index is 0.0931. The summed E-state index contributed by atoms with van der Waals surface area (Å²) in [4.78, 5) is 15.4. The van der Waals surface area contributed by atoms with Gasteiger partial charge in [0.1, 0.15) is 11.5 Å². The predicted molar refractivity (Wildman–Crippen MR) is 70.2 cm³/mol. The predicted octanol–water partition coefficient (Wildman–Crippen LogP) is 2.99. The molecule has 1 aromatic rings. The van der Waals surface area contributed by atoms with Gasteiger partial charge in [0.25, 0.3) is 5.91 Å². The SMILES string of the molecule is CCC(CC)C(Cl)CNC(=O)c1ccc(F)cn1. The van der Waals surface area contributed by atoms with E-state index >= 15 is 0 Å². The van der Waals surface area contributed by atoms with E-state index in [2.05, 4.69) is 24.1 Å². The van der Waals surface area contributed by atoms with Gasteiger partial charge in [0.2, 0.25) is 0 Å². The first-order valence-corrected chi connectivity index (χ1v) is 6.55. The van der Waals surface area contributed by atoms with Crippen molar-refractivity contribution in [3.05, 3.63) is 29.8 Å². The highest BCUT2D eigenvalue weighted by molar-refractivity contribution is 6.21. The number of hydrogen-bond acceptors (Lipinski definition) is 2. The van der Waals surface area contributed by atoms with Crippen LogP contribution in [0.1, 0.15) is 37.2 Å². The number of pyridine rings is 1. The van der Waals surface area contributed by atoms with E-state index in [0.29, 0.717) is 12.5 Å². The van der Waals surface area contributed by atoms with E-state index < -0.39 is 5.82 Å². The third-order valence-corrected chi connectivity index (χ3v) is 3.49. The first-order valence-electron chi connectivity index (χ1n) is 6.12. The van der Waals surface area contributed by atoms with Crippen LogP contribution >= 0.6 is 11.6 Å². The van der Waals surface area contributed by atoms with Crippen LogP contribution in [0.2, 0.25) is 0 Å². The Morgan fingerprint density at radius 1 is 1.44 bits per heavy atom. The van der Waals surface area contributed by atoms with Crippen molar-refractivity contribution >= 4 is 17.5 Å². The lowest BCUT2D eigenvalue weighted by molar-refractivity contribution is 0.0946. The number of halogens is 2. The Morgan fingerprint density at radius 3 is 2.61 bits per heavy atom. The minimum atomic E-state index is -0.459. The molecular formula is C13H18ClFN2O. The van der Waals surface area contributed by atoms with Gasteiger partial charge in [0.15, 0.2) is 0 Å². The number of nitrogens with zero attached hydrogens (tertiary/aromatic N) is 1. The van der Waals surface area contributed by atoms with Crippen LogP contribution in [-0.4, -0.2) is 22.8 Å². The van der Waals surface area contributed by atoms with Crippen molar-refractivity contribution in [3.63, 3.8) is 0 Å². The molecular weight excluding hydrogens is 255 g/mol. The first kappa shape index (κ1) is 14.9. The molecule has 0 fully saturated rings. The fraction of sp³-hybridized carbons (Fsp3) is 0.538. The summed E-state index contributed by atoms with van der Waals surface area (Å²) in [6, 6.07) is 2.56. The molecule has 1 heterocycles. The van der Waals surface area contributed by atoms with Gasteiger partial charge in [0, 0.05) is 6.54 Å². The smallest absolute Gasteiger partial charge is 0.269 e. The zero-order chi connectivity index (χ0) is 13.5. The van der Waals surface area contributed by atoms with Crippen molar-refractivity contribution < 1.29 is 9.18 Å². The molecule has 0 spiro atoms. The highest BCUT2D eigenvalue weighted by Crippen LogP contribution is 2.17. The number of aromatic nitrogens is 1. The van der Waals surface area contributed by atoms with Crippen molar-refractivity contribution in [2.24, 2.45) is 5.92 Å². The first-order chi connectivity index (χ1) is 8.58. The molecule has 0 aliphatic heterocycles. The van der Waals surface area contributed by atoms with Crippen molar-refractivity contribution in [1.29, 1.82) is 0 Å². The molecule has 1 unspecified atom stereocenters. The summed E-state index contributed by atoms with van der Waals surface area (Å²) in [6.45, 7) is 4.55. The Morgan fingerprint density at radius 2 is 2.11 bits per heavy atom. The van der Waals surface area contributed by atoms with Gasteiger partial charge in [-0.2, -0.15) is 0 Å². The average Bonchev–Trinajstić information content (AvgIpc) is 2.38. The minimum Gasteiger partial charge on any atom is -0.349 e. The van der Waals surface area contributed by atoms with Crippen LogP contribution in [0.3, 0.4) is 0 Å². The standard InChI is InChI=1S/C13H18ClFN2O/c1-3-9(4-2)11(14)8-17-13(18)12-6-5-10(15)7-16-12/h5-7,9,11H,3-4,8H2,1-2H3,(H,17,18). The van der Waals surface area contributed by atoms with Gasteiger partial charge >= 0.3 is 0 Å². The number of hydrogen-bond donors (Lipinski definition) is 1. The van der Waals surface area contributed by atoms with E-state index in [1.54, 1.807) is 0 Å². The van der Waals surface area contributed by atoms with Crippen LogP contribution in [0.25, 0.3) is 0 Å². The van der Waals surface area contributed by atoms with Crippen molar-refractivity contribution in [2.45, 2.75) is 32.1 Å². The molecule has 18 heavy (non-hydrogen) atoms. The Balaban J connectivity index is 2.48. The summed E-state index contributed by atoms with van der Waals surface area (Å²) in [6.07, 6.45) is 2.98. The lowest BCUT2D eigenvalue weighted by Crippen LogP contribution is -2.33. The second-order valence-electron chi connectivity index (χ2n) is 4.16. The molecule has 5 heteroatoms. The van der Waals surface area contributed by atoms with E-state index in [0.717, 1.165) is 19.0 Å². The van der Waals surface area contributed by atoms with Crippen molar-refractivity contribution in [1.82, 2.24) is 10.3 Å². The molecule has 1 rings (SSSR count). The summed E-state index contributed by atoms with van der Waals surface area (Å²) < 4.78 is 12.6. The fourth-order valence-electron chi connectivity index (χ4n) is 1.76. The molecule has 3 nitrogen and oxygen atoms in total. The van der Waals surface area contributed by atoms with Crippen LogP contribution in [0.15, 0.2) is 18.3 Å². The van der Waals surface area contributed by atoms with E-state index in [4.69, 9.17) is 11.6 Å². The molecule has 0 aromatic carbocycles.